The summed E-state index contributed by atoms with van der Waals surface area (Å²) in [7, 11) is 4.09. The highest BCUT2D eigenvalue weighted by Crippen LogP contribution is 2.32. The highest BCUT2D eigenvalue weighted by Gasteiger charge is 2.33. The smallest absolute Gasteiger partial charge is 0.281 e. The molecule has 1 unspecified atom stereocenters. The van der Waals surface area contributed by atoms with E-state index in [1.807, 2.05) is 56.3 Å². The van der Waals surface area contributed by atoms with Crippen molar-refractivity contribution in [3.05, 3.63) is 52.1 Å². The summed E-state index contributed by atoms with van der Waals surface area (Å²) in [5, 5.41) is 3.76. The second-order valence-corrected chi connectivity index (χ2v) is 9.65. The average Bonchev–Trinajstić information content (AvgIpc) is 3.45. The number of benzene rings is 1. The predicted molar refractivity (Wildman–Crippen MR) is 133 cm³/mol. The molecule has 9 heteroatoms. The number of hydrogen-bond donors (Lipinski definition) is 1. The van der Waals surface area contributed by atoms with Gasteiger partial charge in [0.25, 0.3) is 5.56 Å². The van der Waals surface area contributed by atoms with Crippen LogP contribution in [0.25, 0.3) is 10.3 Å². The first-order chi connectivity index (χ1) is 16.0. The summed E-state index contributed by atoms with van der Waals surface area (Å²) in [5.74, 6) is 0.810. The third-order valence-corrected chi connectivity index (χ3v) is 7.01. The maximum absolute atomic E-state index is 13.1. The number of nitrogens with one attached hydrogen (secondary N) is 1. The molecule has 1 N–H and O–H groups in total. The number of carbonyl (C=O) groups is 1. The van der Waals surface area contributed by atoms with E-state index in [4.69, 9.17) is 4.98 Å². The summed E-state index contributed by atoms with van der Waals surface area (Å²) in [6, 6.07) is 9.62. The molecule has 1 aliphatic heterocycles. The first kappa shape index (κ1) is 23.4. The fourth-order valence-corrected chi connectivity index (χ4v) is 5.33. The van der Waals surface area contributed by atoms with Gasteiger partial charge >= 0.3 is 0 Å². The van der Waals surface area contributed by atoms with Gasteiger partial charge in [0.1, 0.15) is 11.9 Å². The number of nitrogens with zero attached hydrogens (tertiary/aromatic N) is 5. The third kappa shape index (κ3) is 5.25. The maximum atomic E-state index is 13.1. The Hall–Kier alpha value is -2.78. The first-order valence-corrected chi connectivity index (χ1v) is 12.4. The number of amides is 1. The van der Waals surface area contributed by atoms with E-state index >= 15 is 0 Å². The second kappa shape index (κ2) is 10.4. The van der Waals surface area contributed by atoms with Crippen LogP contribution in [-0.4, -0.2) is 58.6 Å². The van der Waals surface area contributed by atoms with Gasteiger partial charge in [-0.15, -0.1) is 0 Å². The highest BCUT2D eigenvalue weighted by molar-refractivity contribution is 7.21. The summed E-state index contributed by atoms with van der Waals surface area (Å²) in [4.78, 5) is 40.4. The number of hydrogen-bond acceptors (Lipinski definition) is 7. The van der Waals surface area contributed by atoms with Crippen LogP contribution >= 0.6 is 11.3 Å². The zero-order chi connectivity index (χ0) is 23.4. The molecule has 0 spiro atoms. The van der Waals surface area contributed by atoms with Crippen molar-refractivity contribution >= 4 is 32.7 Å². The zero-order valence-corrected chi connectivity index (χ0v) is 20.4. The average molecular weight is 469 g/mol. The first-order valence-electron chi connectivity index (χ1n) is 11.6. The molecule has 1 aliphatic rings. The molecule has 176 valence electrons. The van der Waals surface area contributed by atoms with Crippen molar-refractivity contribution in [2.24, 2.45) is 0 Å². The van der Waals surface area contributed by atoms with Gasteiger partial charge in [0.05, 0.1) is 0 Å². The Bertz CT molecular complexity index is 1160. The minimum atomic E-state index is -0.276. The van der Waals surface area contributed by atoms with E-state index in [0.29, 0.717) is 28.6 Å². The Labute approximate surface area is 198 Å². The monoisotopic (exact) mass is 468 g/mol. The van der Waals surface area contributed by atoms with Crippen LogP contribution in [0.15, 0.2) is 35.1 Å². The van der Waals surface area contributed by atoms with Crippen molar-refractivity contribution in [1.82, 2.24) is 24.8 Å². The van der Waals surface area contributed by atoms with E-state index in [9.17, 15) is 9.59 Å². The van der Waals surface area contributed by atoms with E-state index in [2.05, 4.69) is 15.2 Å². The van der Waals surface area contributed by atoms with Crippen LogP contribution in [0.1, 0.15) is 37.6 Å². The third-order valence-electron chi connectivity index (χ3n) is 6.02. The number of aromatic nitrogens is 3. The summed E-state index contributed by atoms with van der Waals surface area (Å²) in [6.07, 6.45) is 3.38. The minimum Gasteiger partial charge on any atom is -0.350 e. The molecule has 0 saturated carbocycles. The van der Waals surface area contributed by atoms with Crippen LogP contribution in [0.2, 0.25) is 0 Å². The number of aryl methyl sites for hydroxylation is 1. The van der Waals surface area contributed by atoms with Gasteiger partial charge in [-0.2, -0.15) is 0 Å². The van der Waals surface area contributed by atoms with Crippen molar-refractivity contribution in [2.45, 2.75) is 51.7 Å². The van der Waals surface area contributed by atoms with Gasteiger partial charge in [-0.3, -0.25) is 14.2 Å². The Kier molecular flexibility index (Phi) is 7.39. The molecule has 0 radical (unpaired) electrons. The van der Waals surface area contributed by atoms with Crippen molar-refractivity contribution in [1.29, 1.82) is 0 Å². The molecule has 0 aliphatic carbocycles. The Morgan fingerprint density at radius 1 is 1.24 bits per heavy atom. The van der Waals surface area contributed by atoms with Crippen molar-refractivity contribution in [2.75, 3.05) is 32.1 Å². The van der Waals surface area contributed by atoms with Crippen LogP contribution in [-0.2, 0) is 24.3 Å². The number of fused-ring (bicyclic) bond motifs is 1. The van der Waals surface area contributed by atoms with E-state index in [1.54, 1.807) is 4.57 Å². The van der Waals surface area contributed by atoms with Gasteiger partial charge in [-0.25, -0.2) is 9.97 Å². The lowest BCUT2D eigenvalue weighted by molar-refractivity contribution is -0.122. The van der Waals surface area contributed by atoms with Gasteiger partial charge in [0.15, 0.2) is 15.5 Å². The van der Waals surface area contributed by atoms with E-state index < -0.39 is 0 Å². The zero-order valence-electron chi connectivity index (χ0n) is 19.6. The van der Waals surface area contributed by atoms with Crippen LogP contribution in [0.4, 0.5) is 5.13 Å². The Balaban J connectivity index is 1.55. The van der Waals surface area contributed by atoms with Crippen LogP contribution in [0.3, 0.4) is 0 Å². The van der Waals surface area contributed by atoms with Gasteiger partial charge < -0.3 is 15.1 Å². The largest absolute Gasteiger partial charge is 0.350 e. The van der Waals surface area contributed by atoms with Gasteiger partial charge in [-0.05, 0) is 52.4 Å². The molecule has 2 aromatic heterocycles. The van der Waals surface area contributed by atoms with Crippen LogP contribution < -0.4 is 15.8 Å². The van der Waals surface area contributed by atoms with Crippen molar-refractivity contribution in [3.8, 4) is 0 Å². The van der Waals surface area contributed by atoms with Gasteiger partial charge in [0.2, 0.25) is 5.91 Å². The molecule has 8 nitrogen and oxygen atoms in total. The SMILES string of the molecule is CCn1c(CCCN(C)C)nc2sc(N3CCCC3C(=O)NCc3ccccc3)nc2c1=O. The van der Waals surface area contributed by atoms with Crippen molar-refractivity contribution < 1.29 is 4.79 Å². The van der Waals surface area contributed by atoms with Crippen LogP contribution in [0.5, 0.6) is 0 Å². The molecule has 1 amide bonds. The van der Waals surface area contributed by atoms with Gasteiger partial charge in [-0.1, -0.05) is 41.7 Å². The molecular formula is C24H32N6O2S. The molecule has 1 aromatic carbocycles. The maximum Gasteiger partial charge on any atom is 0.281 e. The predicted octanol–water partition coefficient (Wildman–Crippen LogP) is 2.65. The standard InChI is InChI=1S/C24H32N6O2S/c1-4-29-19(13-9-14-28(2)3)26-22-20(23(29)32)27-24(33-22)30-15-8-12-18(30)21(31)25-16-17-10-6-5-7-11-17/h5-7,10-11,18H,4,8-9,12-16H2,1-3H3,(H,25,31). The summed E-state index contributed by atoms with van der Waals surface area (Å²) in [6.45, 7) is 4.73. The van der Waals surface area contributed by atoms with E-state index in [0.717, 1.165) is 50.2 Å². The van der Waals surface area contributed by atoms with Crippen LogP contribution in [0, 0.1) is 0 Å². The van der Waals surface area contributed by atoms with E-state index in [-0.39, 0.29) is 17.5 Å². The van der Waals surface area contributed by atoms with Crippen molar-refractivity contribution in [3.63, 3.8) is 0 Å². The summed E-state index contributed by atoms with van der Waals surface area (Å²) >= 11 is 1.42. The molecule has 4 rings (SSSR count). The molecule has 1 fully saturated rings. The fourth-order valence-electron chi connectivity index (χ4n) is 4.30. The lowest BCUT2D eigenvalue weighted by Gasteiger charge is -2.23. The number of thiazole rings is 1. The number of rotatable bonds is 9. The molecule has 1 atom stereocenters. The molecular weight excluding hydrogens is 436 g/mol. The van der Waals surface area contributed by atoms with E-state index in [1.165, 1.54) is 11.3 Å². The second-order valence-electron chi connectivity index (χ2n) is 8.69. The highest BCUT2D eigenvalue weighted by atomic mass is 32.1. The topological polar surface area (TPSA) is 83.4 Å². The summed E-state index contributed by atoms with van der Waals surface area (Å²) in [5.41, 5.74) is 1.39. The van der Waals surface area contributed by atoms with Gasteiger partial charge in [0, 0.05) is 26.1 Å². The lowest BCUT2D eigenvalue weighted by atomic mass is 10.2. The summed E-state index contributed by atoms with van der Waals surface area (Å²) < 4.78 is 1.73. The number of anilines is 1. The number of carbonyl (C=O) groups excluding carboxylic acids is 1. The molecule has 3 heterocycles. The quantitative estimate of drug-likeness (QED) is 0.520. The lowest BCUT2D eigenvalue weighted by Crippen LogP contribution is -2.43. The molecule has 3 aromatic rings. The Morgan fingerprint density at radius 3 is 2.76 bits per heavy atom. The molecule has 1 saturated heterocycles. The molecule has 0 bridgehead atoms. The Morgan fingerprint density at radius 2 is 2.03 bits per heavy atom. The minimum absolute atomic E-state index is 0.00101. The molecule has 33 heavy (non-hydrogen) atoms. The normalized spacial score (nSPS) is 16.1. The fraction of sp³-hybridized carbons (Fsp3) is 0.500.